The molecule has 162 valence electrons. The van der Waals surface area contributed by atoms with Gasteiger partial charge in [-0.2, -0.15) is 0 Å². The van der Waals surface area contributed by atoms with Gasteiger partial charge in [0.15, 0.2) is 0 Å². The van der Waals surface area contributed by atoms with Crippen LogP contribution in [0.1, 0.15) is 57.8 Å². The van der Waals surface area contributed by atoms with Crippen LogP contribution in [0, 0.1) is 0 Å². The van der Waals surface area contributed by atoms with Gasteiger partial charge in [-0.15, -0.1) is 11.3 Å². The number of hydrogen-bond acceptors (Lipinski definition) is 6. The highest BCUT2D eigenvalue weighted by Gasteiger charge is 2.31. The van der Waals surface area contributed by atoms with Crippen molar-refractivity contribution in [3.8, 4) is 0 Å². The summed E-state index contributed by atoms with van der Waals surface area (Å²) < 4.78 is 0. The van der Waals surface area contributed by atoms with Gasteiger partial charge >= 0.3 is 0 Å². The molecular formula is C22H24N4O4S. The Balaban J connectivity index is 1.55. The average Bonchev–Trinajstić information content (AvgIpc) is 3.26. The zero-order valence-electron chi connectivity index (χ0n) is 17.4. The van der Waals surface area contributed by atoms with Crippen LogP contribution in [0.4, 0.5) is 10.7 Å². The molecule has 1 aromatic carbocycles. The Labute approximate surface area is 184 Å². The molecule has 0 bridgehead atoms. The molecule has 0 atom stereocenters. The molecule has 1 fully saturated rings. The van der Waals surface area contributed by atoms with Gasteiger partial charge < -0.3 is 11.1 Å². The van der Waals surface area contributed by atoms with Gasteiger partial charge in [-0.25, -0.2) is 0 Å². The summed E-state index contributed by atoms with van der Waals surface area (Å²) in [7, 11) is 0. The molecule has 3 N–H and O–H groups in total. The van der Waals surface area contributed by atoms with Crippen molar-refractivity contribution in [3.05, 3.63) is 45.8 Å². The molecule has 2 aliphatic heterocycles. The highest BCUT2D eigenvalue weighted by molar-refractivity contribution is 7.17. The van der Waals surface area contributed by atoms with Crippen molar-refractivity contribution in [2.24, 2.45) is 5.73 Å². The Morgan fingerprint density at radius 2 is 1.71 bits per heavy atom. The van der Waals surface area contributed by atoms with Gasteiger partial charge in [0, 0.05) is 42.4 Å². The predicted molar refractivity (Wildman–Crippen MR) is 118 cm³/mol. The number of benzene rings is 1. The van der Waals surface area contributed by atoms with Gasteiger partial charge in [0.25, 0.3) is 11.8 Å². The fraction of sp³-hybridized carbons (Fsp3) is 0.364. The molecule has 4 rings (SSSR count). The molecule has 0 radical (unpaired) electrons. The van der Waals surface area contributed by atoms with E-state index in [-0.39, 0.29) is 30.6 Å². The number of hydrogen-bond donors (Lipinski definition) is 2. The quantitative estimate of drug-likeness (QED) is 0.694. The van der Waals surface area contributed by atoms with Gasteiger partial charge in [-0.05, 0) is 50.1 Å². The van der Waals surface area contributed by atoms with E-state index in [9.17, 15) is 19.2 Å². The van der Waals surface area contributed by atoms with E-state index in [1.54, 1.807) is 24.3 Å². The molecule has 2 aliphatic rings. The van der Waals surface area contributed by atoms with Crippen LogP contribution in [0.3, 0.4) is 0 Å². The zero-order valence-corrected chi connectivity index (χ0v) is 18.3. The van der Waals surface area contributed by atoms with Crippen LogP contribution in [0.2, 0.25) is 0 Å². The molecular weight excluding hydrogens is 416 g/mol. The van der Waals surface area contributed by atoms with Crippen LogP contribution in [0.15, 0.2) is 24.3 Å². The number of nitrogens with two attached hydrogens (primary N) is 1. The Morgan fingerprint density at radius 1 is 1.06 bits per heavy atom. The number of fused-ring (bicyclic) bond motifs is 1. The molecule has 2 aromatic rings. The van der Waals surface area contributed by atoms with Crippen LogP contribution < -0.4 is 16.0 Å². The van der Waals surface area contributed by atoms with E-state index in [0.29, 0.717) is 34.3 Å². The first kappa shape index (κ1) is 21.2. The number of carbonyl (C=O) groups is 4. The molecule has 8 nitrogen and oxygen atoms in total. The van der Waals surface area contributed by atoms with E-state index in [1.165, 1.54) is 11.3 Å². The second-order valence-electron chi connectivity index (χ2n) is 8.01. The van der Waals surface area contributed by atoms with Crippen molar-refractivity contribution in [2.45, 2.75) is 45.7 Å². The normalized spacial score (nSPS) is 16.7. The highest BCUT2D eigenvalue weighted by atomic mass is 32.1. The topological polar surface area (TPSA) is 113 Å². The standard InChI is InChI=1S/C22H24N4O4S/c1-12(2)25-10-9-15-16(11-25)31-22(19(15)20(23)29)24-21(30)13-3-5-14(6-4-13)26-17(27)7-8-18(26)28/h3-6,12H,7-11H2,1-2H3,(H2,23,29)(H,24,30). The third kappa shape index (κ3) is 3.98. The van der Waals surface area contributed by atoms with Crippen LogP contribution in [0.25, 0.3) is 0 Å². The number of carbonyl (C=O) groups excluding carboxylic acids is 4. The fourth-order valence-electron chi connectivity index (χ4n) is 4.01. The lowest BCUT2D eigenvalue weighted by atomic mass is 10.0. The number of anilines is 2. The summed E-state index contributed by atoms with van der Waals surface area (Å²) in [6.07, 6.45) is 1.12. The smallest absolute Gasteiger partial charge is 0.256 e. The van der Waals surface area contributed by atoms with Gasteiger partial charge in [-0.1, -0.05) is 0 Å². The number of nitrogens with one attached hydrogen (secondary N) is 1. The number of primary amides is 1. The maximum absolute atomic E-state index is 12.8. The maximum atomic E-state index is 12.8. The summed E-state index contributed by atoms with van der Waals surface area (Å²) in [4.78, 5) is 53.2. The number of imide groups is 1. The zero-order chi connectivity index (χ0) is 22.3. The summed E-state index contributed by atoms with van der Waals surface area (Å²) in [5, 5.41) is 3.29. The number of rotatable bonds is 5. The maximum Gasteiger partial charge on any atom is 0.256 e. The largest absolute Gasteiger partial charge is 0.365 e. The van der Waals surface area contributed by atoms with Crippen molar-refractivity contribution in [1.29, 1.82) is 0 Å². The third-order valence-corrected chi connectivity index (χ3v) is 6.86. The van der Waals surface area contributed by atoms with Crippen LogP contribution >= 0.6 is 11.3 Å². The fourth-order valence-corrected chi connectivity index (χ4v) is 5.29. The van der Waals surface area contributed by atoms with E-state index in [1.807, 2.05) is 0 Å². The lowest BCUT2D eigenvalue weighted by molar-refractivity contribution is -0.121. The minimum Gasteiger partial charge on any atom is -0.365 e. The average molecular weight is 441 g/mol. The molecule has 31 heavy (non-hydrogen) atoms. The van der Waals surface area contributed by atoms with E-state index in [4.69, 9.17) is 5.73 Å². The molecule has 4 amide bonds. The van der Waals surface area contributed by atoms with Crippen LogP contribution in [-0.4, -0.2) is 41.1 Å². The minimum absolute atomic E-state index is 0.203. The van der Waals surface area contributed by atoms with Crippen LogP contribution in [-0.2, 0) is 22.6 Å². The van der Waals surface area contributed by atoms with Crippen molar-refractivity contribution < 1.29 is 19.2 Å². The summed E-state index contributed by atoms with van der Waals surface area (Å²) in [5.41, 5.74) is 7.76. The first-order valence-corrected chi connectivity index (χ1v) is 11.0. The second-order valence-corrected chi connectivity index (χ2v) is 9.12. The van der Waals surface area contributed by atoms with Gasteiger partial charge in [-0.3, -0.25) is 29.0 Å². The molecule has 0 unspecified atom stereocenters. The number of thiophene rings is 1. The van der Waals surface area contributed by atoms with E-state index in [2.05, 4.69) is 24.1 Å². The van der Waals surface area contributed by atoms with Gasteiger partial charge in [0.1, 0.15) is 5.00 Å². The Bertz CT molecular complexity index is 1060. The number of amides is 4. The minimum atomic E-state index is -0.549. The predicted octanol–water partition coefficient (Wildman–Crippen LogP) is 2.52. The molecule has 0 saturated carbocycles. The lowest BCUT2D eigenvalue weighted by Gasteiger charge is -2.30. The Kier molecular flexibility index (Phi) is 5.63. The van der Waals surface area contributed by atoms with Crippen molar-refractivity contribution in [2.75, 3.05) is 16.8 Å². The van der Waals surface area contributed by atoms with Crippen molar-refractivity contribution in [1.82, 2.24) is 4.90 Å². The van der Waals surface area contributed by atoms with E-state index < -0.39 is 5.91 Å². The highest BCUT2D eigenvalue weighted by Crippen LogP contribution is 2.37. The molecule has 0 aliphatic carbocycles. The summed E-state index contributed by atoms with van der Waals surface area (Å²) in [6, 6.07) is 6.65. The van der Waals surface area contributed by atoms with Crippen molar-refractivity contribution >= 4 is 45.7 Å². The van der Waals surface area contributed by atoms with E-state index >= 15 is 0 Å². The molecule has 9 heteroatoms. The SMILES string of the molecule is CC(C)N1CCc2c(sc(NC(=O)c3ccc(N4C(=O)CCC4=O)cc3)c2C(N)=O)C1. The number of nitrogens with zero attached hydrogens (tertiary/aromatic N) is 2. The second kappa shape index (κ2) is 8.24. The van der Waals surface area contributed by atoms with Crippen molar-refractivity contribution in [3.63, 3.8) is 0 Å². The monoisotopic (exact) mass is 440 g/mol. The third-order valence-electron chi connectivity index (χ3n) is 5.73. The Hall–Kier alpha value is -3.04. The van der Waals surface area contributed by atoms with E-state index in [0.717, 1.165) is 28.4 Å². The van der Waals surface area contributed by atoms with Gasteiger partial charge in [0.2, 0.25) is 11.8 Å². The summed E-state index contributed by atoms with van der Waals surface area (Å²) in [5.74, 6) is -1.42. The lowest BCUT2D eigenvalue weighted by Crippen LogP contribution is -2.35. The summed E-state index contributed by atoms with van der Waals surface area (Å²) >= 11 is 1.39. The first-order valence-electron chi connectivity index (χ1n) is 10.2. The van der Waals surface area contributed by atoms with Crippen LogP contribution in [0.5, 0.6) is 0 Å². The first-order chi connectivity index (χ1) is 14.8. The van der Waals surface area contributed by atoms with Gasteiger partial charge in [0.05, 0.1) is 11.3 Å². The molecule has 3 heterocycles. The molecule has 1 aromatic heterocycles. The Morgan fingerprint density at radius 3 is 2.29 bits per heavy atom. The summed E-state index contributed by atoms with van der Waals surface area (Å²) in [6.45, 7) is 5.82. The molecule has 1 saturated heterocycles. The molecule has 0 spiro atoms.